The van der Waals surface area contributed by atoms with Gasteiger partial charge in [0.05, 0.1) is 0 Å². The van der Waals surface area contributed by atoms with Crippen molar-refractivity contribution in [3.05, 3.63) is 10.4 Å². The number of azide groups is 1. The summed E-state index contributed by atoms with van der Waals surface area (Å²) in [6.45, 7) is 0.574. The number of carbonyl (C=O) groups excluding carboxylic acids is 1. The molecule has 0 aromatic carbocycles. The average molecular weight is 204 g/mol. The van der Waals surface area contributed by atoms with Crippen LogP contribution in [0.2, 0.25) is 0 Å². The molecule has 0 fully saturated rings. The van der Waals surface area contributed by atoms with E-state index in [1.165, 1.54) is 0 Å². The van der Waals surface area contributed by atoms with Gasteiger partial charge in [0.2, 0.25) is 5.24 Å². The quantitative estimate of drug-likeness (QED) is 0.196. The first-order chi connectivity index (χ1) is 6.27. The SMILES string of the molecule is [N-]=[N+]=NCCCCCCCC(=O)Cl. The normalized spacial score (nSPS) is 9.31. The number of halogens is 1. The molecule has 0 aliphatic heterocycles. The lowest BCUT2D eigenvalue weighted by atomic mass is 10.1. The van der Waals surface area contributed by atoms with Crippen molar-refractivity contribution in [3.8, 4) is 0 Å². The number of nitrogens with zero attached hydrogens (tertiary/aromatic N) is 3. The molecular weight excluding hydrogens is 190 g/mol. The Balaban J connectivity index is 2.99. The van der Waals surface area contributed by atoms with E-state index in [4.69, 9.17) is 17.1 Å². The highest BCUT2D eigenvalue weighted by Gasteiger charge is 1.95. The van der Waals surface area contributed by atoms with Crippen LogP contribution in [-0.2, 0) is 4.79 Å². The third-order valence-electron chi connectivity index (χ3n) is 1.69. The van der Waals surface area contributed by atoms with Gasteiger partial charge in [-0.1, -0.05) is 24.4 Å². The molecule has 0 aliphatic carbocycles. The Kier molecular flexibility index (Phi) is 8.83. The summed E-state index contributed by atoms with van der Waals surface area (Å²) in [6.07, 6.45) is 5.41. The van der Waals surface area contributed by atoms with Crippen LogP contribution >= 0.6 is 11.6 Å². The minimum absolute atomic E-state index is 0.255. The second kappa shape index (κ2) is 9.36. The standard InChI is InChI=1S/C8H14ClN3O/c9-8(13)6-4-2-1-3-5-7-11-12-10/h1-7H2. The third kappa shape index (κ3) is 11.3. The Hall–Kier alpha value is -0.730. The van der Waals surface area contributed by atoms with Crippen molar-refractivity contribution in [3.63, 3.8) is 0 Å². The zero-order chi connectivity index (χ0) is 9.94. The first-order valence-electron chi connectivity index (χ1n) is 4.46. The van der Waals surface area contributed by atoms with Gasteiger partial charge in [-0.05, 0) is 30.0 Å². The van der Waals surface area contributed by atoms with Crippen molar-refractivity contribution in [1.82, 2.24) is 0 Å². The van der Waals surface area contributed by atoms with Gasteiger partial charge >= 0.3 is 0 Å². The van der Waals surface area contributed by atoms with Gasteiger partial charge < -0.3 is 0 Å². The van der Waals surface area contributed by atoms with Crippen LogP contribution in [0.4, 0.5) is 0 Å². The second-order valence-corrected chi connectivity index (χ2v) is 3.25. The van der Waals surface area contributed by atoms with Crippen molar-refractivity contribution in [2.75, 3.05) is 6.54 Å². The molecule has 0 unspecified atom stereocenters. The summed E-state index contributed by atoms with van der Waals surface area (Å²) in [5.74, 6) is 0. The summed E-state index contributed by atoms with van der Waals surface area (Å²) >= 11 is 5.17. The molecule has 0 heterocycles. The van der Waals surface area contributed by atoms with Crippen LogP contribution in [0.1, 0.15) is 38.5 Å². The lowest BCUT2D eigenvalue weighted by Crippen LogP contribution is -1.87. The first-order valence-corrected chi connectivity index (χ1v) is 4.84. The molecule has 0 bridgehead atoms. The Morgan fingerprint density at radius 1 is 1.23 bits per heavy atom. The van der Waals surface area contributed by atoms with Crippen LogP contribution in [0, 0.1) is 0 Å². The average Bonchev–Trinajstić information content (AvgIpc) is 2.09. The summed E-state index contributed by atoms with van der Waals surface area (Å²) in [6, 6.07) is 0. The van der Waals surface area contributed by atoms with Crippen molar-refractivity contribution >= 4 is 16.8 Å². The maximum atomic E-state index is 10.3. The Morgan fingerprint density at radius 3 is 2.46 bits per heavy atom. The minimum atomic E-state index is -0.255. The monoisotopic (exact) mass is 203 g/mol. The van der Waals surface area contributed by atoms with E-state index < -0.39 is 0 Å². The van der Waals surface area contributed by atoms with E-state index in [0.717, 1.165) is 32.1 Å². The van der Waals surface area contributed by atoms with E-state index in [1.54, 1.807) is 0 Å². The predicted octanol–water partition coefficient (Wildman–Crippen LogP) is 3.40. The van der Waals surface area contributed by atoms with Crippen molar-refractivity contribution in [2.24, 2.45) is 5.11 Å². The molecular formula is C8H14ClN3O. The molecule has 4 nitrogen and oxygen atoms in total. The fourth-order valence-electron chi connectivity index (χ4n) is 1.02. The van der Waals surface area contributed by atoms with Crippen LogP contribution < -0.4 is 0 Å². The summed E-state index contributed by atoms with van der Waals surface area (Å²) < 4.78 is 0. The molecule has 0 saturated carbocycles. The van der Waals surface area contributed by atoms with Gasteiger partial charge in [0.25, 0.3) is 0 Å². The fourth-order valence-corrected chi connectivity index (χ4v) is 1.16. The van der Waals surface area contributed by atoms with Gasteiger partial charge in [-0.3, -0.25) is 4.79 Å². The summed E-state index contributed by atoms with van der Waals surface area (Å²) in [4.78, 5) is 13.0. The Labute approximate surface area is 82.9 Å². The van der Waals surface area contributed by atoms with E-state index in [1.807, 2.05) is 0 Å². The Bertz CT molecular complexity index is 184. The van der Waals surface area contributed by atoms with Crippen LogP contribution in [0.5, 0.6) is 0 Å². The first kappa shape index (κ1) is 12.3. The lowest BCUT2D eigenvalue weighted by molar-refractivity contribution is -0.111. The summed E-state index contributed by atoms with van der Waals surface area (Å²) in [5, 5.41) is 3.17. The van der Waals surface area contributed by atoms with Gasteiger partial charge in [0.15, 0.2) is 0 Å². The van der Waals surface area contributed by atoms with Gasteiger partial charge in [-0.15, -0.1) is 0 Å². The van der Waals surface area contributed by atoms with E-state index in [0.29, 0.717) is 13.0 Å². The molecule has 0 aromatic heterocycles. The Morgan fingerprint density at radius 2 is 1.85 bits per heavy atom. The third-order valence-corrected chi connectivity index (χ3v) is 1.88. The molecule has 5 heteroatoms. The highest BCUT2D eigenvalue weighted by Crippen LogP contribution is 2.06. The molecule has 0 N–H and O–H groups in total. The van der Waals surface area contributed by atoms with E-state index >= 15 is 0 Å². The number of rotatable bonds is 8. The van der Waals surface area contributed by atoms with Crippen LogP contribution in [0.3, 0.4) is 0 Å². The van der Waals surface area contributed by atoms with E-state index in [9.17, 15) is 4.79 Å². The van der Waals surface area contributed by atoms with Gasteiger partial charge in [-0.2, -0.15) is 0 Å². The maximum absolute atomic E-state index is 10.3. The van der Waals surface area contributed by atoms with Crippen molar-refractivity contribution in [1.29, 1.82) is 0 Å². The maximum Gasteiger partial charge on any atom is 0.221 e. The van der Waals surface area contributed by atoms with Crippen molar-refractivity contribution < 1.29 is 4.79 Å². The fraction of sp³-hybridized carbons (Fsp3) is 0.875. The lowest BCUT2D eigenvalue weighted by Gasteiger charge is -1.97. The molecule has 0 saturated heterocycles. The zero-order valence-electron chi connectivity index (χ0n) is 7.58. The van der Waals surface area contributed by atoms with Crippen molar-refractivity contribution in [2.45, 2.75) is 38.5 Å². The molecule has 0 radical (unpaired) electrons. The molecule has 0 amide bonds. The van der Waals surface area contributed by atoms with Gasteiger partial charge in [0.1, 0.15) is 0 Å². The summed E-state index contributed by atoms with van der Waals surface area (Å²) in [7, 11) is 0. The number of hydrogen-bond donors (Lipinski definition) is 0. The highest BCUT2D eigenvalue weighted by atomic mass is 35.5. The van der Waals surface area contributed by atoms with Crippen LogP contribution in [0.25, 0.3) is 10.4 Å². The van der Waals surface area contributed by atoms with Gasteiger partial charge in [-0.25, -0.2) is 0 Å². The molecule has 0 atom stereocenters. The number of hydrogen-bond acceptors (Lipinski definition) is 2. The smallest absolute Gasteiger partial charge is 0.221 e. The zero-order valence-corrected chi connectivity index (χ0v) is 8.33. The van der Waals surface area contributed by atoms with Crippen LogP contribution in [0.15, 0.2) is 5.11 Å². The molecule has 0 spiro atoms. The number of carbonyl (C=O) groups is 1. The predicted molar refractivity (Wildman–Crippen MR) is 52.6 cm³/mol. The highest BCUT2D eigenvalue weighted by molar-refractivity contribution is 6.63. The topological polar surface area (TPSA) is 65.8 Å². The van der Waals surface area contributed by atoms with Crippen LogP contribution in [-0.4, -0.2) is 11.8 Å². The molecule has 0 aromatic rings. The largest absolute Gasteiger partial charge is 0.281 e. The second-order valence-electron chi connectivity index (χ2n) is 2.83. The number of unbranched alkanes of at least 4 members (excludes halogenated alkanes) is 4. The molecule has 13 heavy (non-hydrogen) atoms. The molecule has 0 rings (SSSR count). The van der Waals surface area contributed by atoms with E-state index in [-0.39, 0.29) is 5.24 Å². The summed E-state index contributed by atoms with van der Waals surface area (Å²) in [5.41, 5.74) is 7.97. The minimum Gasteiger partial charge on any atom is -0.281 e. The molecule has 0 aliphatic rings. The van der Waals surface area contributed by atoms with Gasteiger partial charge in [0, 0.05) is 17.9 Å². The molecule has 74 valence electrons. The van der Waals surface area contributed by atoms with E-state index in [2.05, 4.69) is 10.0 Å².